The first-order valence-electron chi connectivity index (χ1n) is 52.2. The minimum absolute atomic E-state index is 1.24. The first-order chi connectivity index (χ1) is 72.9. The molecule has 0 nitrogen and oxygen atoms in total. The van der Waals surface area contributed by atoms with Crippen LogP contribution in [0.3, 0.4) is 0 Å². The van der Waals surface area contributed by atoms with E-state index in [1.807, 2.05) is 0 Å². The summed E-state index contributed by atoms with van der Waals surface area (Å²) in [5, 5.41) is 45.4. The van der Waals surface area contributed by atoms with Crippen molar-refractivity contribution in [2.75, 3.05) is 0 Å². The van der Waals surface area contributed by atoms with E-state index in [2.05, 4.69) is 490 Å². The van der Waals surface area contributed by atoms with E-state index in [4.69, 9.17) is 0 Å². The van der Waals surface area contributed by atoms with Crippen LogP contribution >= 0.6 is 0 Å². The van der Waals surface area contributed by atoms with Crippen molar-refractivity contribution in [3.63, 3.8) is 0 Å². The molecule has 0 fully saturated rings. The number of benzene rings is 28. The fourth-order valence-corrected chi connectivity index (χ4v) is 28.0. The fraction of sp³-hybridized carbons (Fsp3) is 0.0405. The Kier molecular flexibility index (Phi) is 17.4. The molecule has 0 spiro atoms. The van der Waals surface area contributed by atoms with E-state index in [0.717, 1.165) is 0 Å². The Bertz CT molecular complexity index is 11000. The number of aryl methyl sites for hydroxylation is 6. The lowest BCUT2D eigenvalue weighted by molar-refractivity contribution is 1.47. The van der Waals surface area contributed by atoms with E-state index >= 15 is 0 Å². The topological polar surface area (TPSA) is 0 Å². The van der Waals surface area contributed by atoms with Crippen LogP contribution in [0.15, 0.2) is 449 Å². The van der Waals surface area contributed by atoms with Crippen molar-refractivity contribution in [1.82, 2.24) is 0 Å². The lowest BCUT2D eigenvalue weighted by Gasteiger charge is -2.21. The molecule has 0 atom stereocenters. The molecule has 148 heavy (non-hydrogen) atoms. The maximum atomic E-state index is 2.54. The van der Waals surface area contributed by atoms with Gasteiger partial charge in [-0.2, -0.15) is 0 Å². The molecule has 30 aromatic carbocycles. The van der Waals surface area contributed by atoms with Crippen molar-refractivity contribution in [1.29, 1.82) is 0 Å². The molecule has 0 radical (unpaired) electrons. The van der Waals surface area contributed by atoms with E-state index < -0.39 is 0 Å². The summed E-state index contributed by atoms with van der Waals surface area (Å²) < 4.78 is 0. The highest BCUT2D eigenvalue weighted by Crippen LogP contribution is 2.62. The van der Waals surface area contributed by atoms with Gasteiger partial charge < -0.3 is 0 Å². The largest absolute Gasteiger partial charge is 0.0622 e. The van der Waals surface area contributed by atoms with Crippen LogP contribution in [0.5, 0.6) is 0 Å². The van der Waals surface area contributed by atoms with Gasteiger partial charge in [-0.15, -0.1) is 0 Å². The maximum Gasteiger partial charge on any atom is -0.000720 e. The first kappa shape index (κ1) is 83.0. The van der Waals surface area contributed by atoms with Gasteiger partial charge >= 0.3 is 0 Å². The fourth-order valence-electron chi connectivity index (χ4n) is 28.0. The second kappa shape index (κ2) is 31.0. The van der Waals surface area contributed by atoms with Crippen LogP contribution < -0.4 is 0 Å². The molecule has 0 unspecified atom stereocenters. The zero-order valence-corrected chi connectivity index (χ0v) is 82.7. The van der Waals surface area contributed by atoms with Crippen LogP contribution in [0.25, 0.3) is 339 Å². The molecular weight excluding hydrogens is 1780 g/mol. The summed E-state index contributed by atoms with van der Waals surface area (Å²) in [5.74, 6) is 0. The van der Waals surface area contributed by atoms with E-state index in [-0.39, 0.29) is 0 Å². The van der Waals surface area contributed by atoms with Gasteiger partial charge in [-0.1, -0.05) is 370 Å². The van der Waals surface area contributed by atoms with E-state index in [0.29, 0.717) is 0 Å². The highest BCUT2D eigenvalue weighted by atomic mass is 14.4. The van der Waals surface area contributed by atoms with Gasteiger partial charge in [0.2, 0.25) is 0 Å². The van der Waals surface area contributed by atoms with Gasteiger partial charge in [-0.3, -0.25) is 0 Å². The van der Waals surface area contributed by atoms with Crippen molar-refractivity contribution in [2.24, 2.45) is 0 Å². The summed E-state index contributed by atoms with van der Waals surface area (Å²) in [7, 11) is 0. The molecule has 0 heteroatoms. The molecule has 684 valence electrons. The highest BCUT2D eigenvalue weighted by molar-refractivity contribution is 6.46. The SMILES string of the molecule is Cc1cc2c3c(cc(C)c(-c4ccccc4)c3c1)-c1cc3c(cc1-2)c(-c1ccccc1)cc1c2cc4c(cc2c(-c2ccccc2)cc31)-c1cccc2cccc-4c12.Cc1cc2c3c(cc(C)cc3c1)-c1cc3c(-c4ccccc4)c4cc5c(cc4c(-c4ccccc4)c3cc1-2)-c1cccc2cccc-5c12.Cc1cc2cc(C)cc3c4cc5c(cc4c(c1)c23)c(-c1ccccc1)c1c2ccccc2c2c3ccccc3cc5c12. The molecule has 0 aromatic heterocycles. The predicted molar refractivity (Wildman–Crippen MR) is 638 cm³/mol. The maximum absolute atomic E-state index is 2.54. The molecule has 30 aromatic rings. The third-order valence-corrected chi connectivity index (χ3v) is 33.9. The Morgan fingerprint density at radius 2 is 0.378 bits per heavy atom. The monoisotopic (exact) mass is 1870 g/mol. The second-order valence-electron chi connectivity index (χ2n) is 42.5. The summed E-state index contributed by atoms with van der Waals surface area (Å²) in [4.78, 5) is 0. The van der Waals surface area contributed by atoms with E-state index in [9.17, 15) is 0 Å². The van der Waals surface area contributed by atoms with Crippen molar-refractivity contribution in [3.05, 3.63) is 482 Å². The highest BCUT2D eigenvalue weighted by Gasteiger charge is 2.34. The van der Waals surface area contributed by atoms with Crippen LogP contribution in [0.2, 0.25) is 0 Å². The van der Waals surface area contributed by atoms with E-state index in [1.165, 1.54) is 372 Å². The Morgan fingerprint density at radius 3 is 0.824 bits per heavy atom. The predicted octanol–water partition coefficient (Wildman–Crippen LogP) is 42.0. The average molecular weight is 1870 g/mol. The van der Waals surface area contributed by atoms with Crippen LogP contribution in [-0.4, -0.2) is 0 Å². The third-order valence-electron chi connectivity index (χ3n) is 33.9. The number of rotatable bonds is 6. The quantitative estimate of drug-likeness (QED) is 0.115. The van der Waals surface area contributed by atoms with Crippen LogP contribution in [-0.2, 0) is 0 Å². The molecule has 0 heterocycles. The summed E-state index contributed by atoms with van der Waals surface area (Å²) >= 11 is 0. The van der Waals surface area contributed by atoms with Crippen molar-refractivity contribution < 1.29 is 0 Å². The summed E-state index contributed by atoms with van der Waals surface area (Å²) in [6.07, 6.45) is 0. The normalized spacial score (nSPS) is 12.4. The van der Waals surface area contributed by atoms with Crippen molar-refractivity contribution in [2.45, 2.75) is 41.5 Å². The molecule has 4 aliphatic rings. The summed E-state index contributed by atoms with van der Waals surface area (Å²) in [6, 6.07) is 170. The molecule has 4 aliphatic carbocycles. The standard InChI is InChI=1S/C58H36.C48H30.C42H26/c1-33-24-53-51-31-46-42(36-16-8-4-9-17-36)28-47-48(50(46)32-52(51)54-26-34(2)56(55(25-33)58(53)54)37-18-10-5-11-19-37)27-41(35-14-6-3-7-15-35)45-29-43-39-22-12-20-38-21-13-23-40(57(38)39)44(43)30-49(45)47;1-27-19-32-20-28(2)22-40-38-26-44-43(25-37(38)39(21-27)48(32)40)46(29-11-5-3-6-12-29)41-23-35-33-17-9-15-31-16-10-18-34(45(31)33)36(35)24-42(41)47(44)30-13-7-4-8-14-30;1-23-16-27-17-24(2)19-35-32-22-37-33(21-31(32)34(18-23)38(27)35)36-20-26-12-6-7-13-28(26)40-29-14-8-9-15-30(29)41(42(36)40)39(37)25-10-4-3-5-11-25/h3-32H,1-2H3;3-26H,1-2H3;3-22H,1-2H3. The van der Waals surface area contributed by atoms with Gasteiger partial charge in [0, 0.05) is 0 Å². The zero-order valence-electron chi connectivity index (χ0n) is 82.7. The van der Waals surface area contributed by atoms with Gasteiger partial charge in [0.25, 0.3) is 0 Å². The molecule has 34 rings (SSSR count). The number of hydrogen-bond acceptors (Lipinski definition) is 0. The minimum atomic E-state index is 1.24. The van der Waals surface area contributed by atoms with Gasteiger partial charge in [0.05, 0.1) is 0 Å². The molecule has 0 amide bonds. The van der Waals surface area contributed by atoms with Gasteiger partial charge in [0.1, 0.15) is 0 Å². The lowest BCUT2D eigenvalue weighted by atomic mass is 9.82. The number of hydrogen-bond donors (Lipinski definition) is 0. The van der Waals surface area contributed by atoms with Crippen LogP contribution in [0, 0.1) is 41.5 Å². The smallest absolute Gasteiger partial charge is 0.000720 e. The Labute approximate surface area is 856 Å². The van der Waals surface area contributed by atoms with Crippen LogP contribution in [0.1, 0.15) is 33.4 Å². The molecule has 0 saturated carbocycles. The van der Waals surface area contributed by atoms with E-state index in [1.54, 1.807) is 0 Å². The summed E-state index contributed by atoms with van der Waals surface area (Å²) in [5.41, 5.74) is 44.5. The third kappa shape index (κ3) is 11.8. The molecule has 0 aliphatic heterocycles. The van der Waals surface area contributed by atoms with Crippen molar-refractivity contribution >= 4 is 183 Å². The molecule has 0 saturated heterocycles. The zero-order chi connectivity index (χ0) is 97.6. The van der Waals surface area contributed by atoms with Gasteiger partial charge in [0.15, 0.2) is 0 Å². The second-order valence-corrected chi connectivity index (χ2v) is 42.5. The number of fused-ring (bicyclic) bond motifs is 29. The first-order valence-corrected chi connectivity index (χ1v) is 52.2. The Morgan fingerprint density at radius 1 is 0.101 bits per heavy atom. The average Bonchev–Trinajstić information content (AvgIpc) is 1.51. The lowest BCUT2D eigenvalue weighted by Crippen LogP contribution is -1.93. The molecular formula is C148H92. The molecule has 0 bridgehead atoms. The Hall–Kier alpha value is -18.5. The minimum Gasteiger partial charge on any atom is -0.0622 e. The summed E-state index contributed by atoms with van der Waals surface area (Å²) in [6.45, 7) is 13.5. The van der Waals surface area contributed by atoms with Gasteiger partial charge in [-0.25, -0.2) is 0 Å². The molecule has 0 N–H and O–H groups in total. The van der Waals surface area contributed by atoms with Gasteiger partial charge in [-0.05, 0) is 493 Å². The Balaban J connectivity index is 0.0000000997. The van der Waals surface area contributed by atoms with Crippen molar-refractivity contribution in [3.8, 4) is 156 Å². The van der Waals surface area contributed by atoms with Crippen LogP contribution in [0.4, 0.5) is 0 Å².